The van der Waals surface area contributed by atoms with Crippen LogP contribution in [0.4, 0.5) is 26.3 Å². The molecule has 1 nitrogen and oxygen atoms in total. The molecule has 0 saturated heterocycles. The molecular formula is C14H6F6O. The fourth-order valence-electron chi connectivity index (χ4n) is 1.81. The number of carbonyl (C=O) groups excluding carboxylic acids is 1. The molecule has 0 fully saturated rings. The van der Waals surface area contributed by atoms with Gasteiger partial charge in [-0.3, -0.25) is 4.79 Å². The number of alkyl halides is 3. The first-order valence-electron chi connectivity index (χ1n) is 5.55. The summed E-state index contributed by atoms with van der Waals surface area (Å²) in [5.41, 5.74) is -1.84. The van der Waals surface area contributed by atoms with Gasteiger partial charge in [0.2, 0.25) is 0 Å². The van der Waals surface area contributed by atoms with Gasteiger partial charge in [0.1, 0.15) is 0 Å². The van der Waals surface area contributed by atoms with E-state index in [4.69, 9.17) is 0 Å². The van der Waals surface area contributed by atoms with Crippen molar-refractivity contribution in [1.82, 2.24) is 0 Å². The smallest absolute Gasteiger partial charge is 0.298 e. The Labute approximate surface area is 114 Å². The number of rotatable bonds is 2. The second kappa shape index (κ2) is 5.23. The number of hydrogen-bond acceptors (Lipinski definition) is 1. The predicted octanol–water partition coefficient (Wildman–Crippen LogP) is 4.60. The molecule has 2 rings (SSSR count). The first-order chi connectivity index (χ1) is 9.74. The third kappa shape index (κ3) is 2.91. The Hall–Kier alpha value is -2.31. The fraction of sp³-hybridized carbons (Fsp3) is 0.0714. The SMILES string of the molecule is O=Cc1cc(C(F)(F)F)ccc1-c1cc(F)c(F)c(F)c1. The summed E-state index contributed by atoms with van der Waals surface area (Å²) in [6, 6.07) is 3.34. The van der Waals surface area contributed by atoms with E-state index in [1.54, 1.807) is 0 Å². The number of aldehydes is 1. The number of hydrogen-bond donors (Lipinski definition) is 0. The van der Waals surface area contributed by atoms with Gasteiger partial charge in [0, 0.05) is 5.56 Å². The van der Waals surface area contributed by atoms with Crippen molar-refractivity contribution in [3.8, 4) is 11.1 Å². The summed E-state index contributed by atoms with van der Waals surface area (Å²) in [5, 5.41) is 0. The second-order valence-electron chi connectivity index (χ2n) is 4.17. The van der Waals surface area contributed by atoms with Gasteiger partial charge in [-0.05, 0) is 35.4 Å². The largest absolute Gasteiger partial charge is 0.416 e. The van der Waals surface area contributed by atoms with E-state index in [1.165, 1.54) is 0 Å². The van der Waals surface area contributed by atoms with Crippen LogP contribution in [0, 0.1) is 17.5 Å². The molecule has 0 aliphatic carbocycles. The normalized spacial score (nSPS) is 11.5. The molecular weight excluding hydrogens is 298 g/mol. The average Bonchev–Trinajstić information content (AvgIpc) is 2.42. The summed E-state index contributed by atoms with van der Waals surface area (Å²) in [4.78, 5) is 10.9. The van der Waals surface area contributed by atoms with E-state index in [9.17, 15) is 31.1 Å². The summed E-state index contributed by atoms with van der Waals surface area (Å²) in [5.74, 6) is -4.69. The van der Waals surface area contributed by atoms with E-state index in [-0.39, 0.29) is 17.4 Å². The molecule has 0 radical (unpaired) electrons. The molecule has 7 heteroatoms. The van der Waals surface area contributed by atoms with Crippen molar-refractivity contribution in [2.75, 3.05) is 0 Å². The third-order valence-electron chi connectivity index (χ3n) is 2.80. The molecule has 2 aromatic rings. The van der Waals surface area contributed by atoms with Gasteiger partial charge in [0.25, 0.3) is 0 Å². The Morgan fingerprint density at radius 2 is 1.48 bits per heavy atom. The van der Waals surface area contributed by atoms with Gasteiger partial charge in [0.15, 0.2) is 23.7 Å². The lowest BCUT2D eigenvalue weighted by molar-refractivity contribution is -0.137. The first kappa shape index (κ1) is 15.1. The van der Waals surface area contributed by atoms with Crippen molar-refractivity contribution in [3.05, 3.63) is 58.9 Å². The number of halogens is 6. The van der Waals surface area contributed by atoms with Crippen LogP contribution >= 0.6 is 0 Å². The van der Waals surface area contributed by atoms with E-state index in [1.807, 2.05) is 0 Å². The van der Waals surface area contributed by atoms with Gasteiger partial charge < -0.3 is 0 Å². The van der Waals surface area contributed by atoms with Crippen LogP contribution in [-0.2, 0) is 6.18 Å². The van der Waals surface area contributed by atoms with Gasteiger partial charge in [-0.15, -0.1) is 0 Å². The van der Waals surface area contributed by atoms with Crippen molar-refractivity contribution in [1.29, 1.82) is 0 Å². The minimum atomic E-state index is -4.66. The molecule has 0 amide bonds. The highest BCUT2D eigenvalue weighted by Crippen LogP contribution is 2.33. The predicted molar refractivity (Wildman–Crippen MR) is 62.1 cm³/mol. The fourth-order valence-corrected chi connectivity index (χ4v) is 1.81. The molecule has 0 N–H and O–H groups in total. The van der Waals surface area contributed by atoms with E-state index < -0.39 is 34.8 Å². The van der Waals surface area contributed by atoms with Gasteiger partial charge in [-0.1, -0.05) is 6.07 Å². The van der Waals surface area contributed by atoms with Crippen molar-refractivity contribution in [3.63, 3.8) is 0 Å². The molecule has 0 aliphatic rings. The van der Waals surface area contributed by atoms with Crippen molar-refractivity contribution >= 4 is 6.29 Å². The average molecular weight is 304 g/mol. The standard InChI is InChI=1S/C14H6F6O/c15-11-4-7(5-12(16)13(11)17)10-2-1-9(14(18,19)20)3-8(10)6-21/h1-6H. The maximum Gasteiger partial charge on any atom is 0.416 e. The molecule has 0 aromatic heterocycles. The number of benzene rings is 2. The molecule has 0 aliphatic heterocycles. The monoisotopic (exact) mass is 304 g/mol. The maximum atomic E-state index is 13.1. The van der Waals surface area contributed by atoms with Crippen LogP contribution in [0.15, 0.2) is 30.3 Å². The summed E-state index contributed by atoms with van der Waals surface area (Å²) < 4.78 is 76.8. The molecule has 0 heterocycles. The lowest BCUT2D eigenvalue weighted by Gasteiger charge is -2.11. The Balaban J connectivity index is 2.62. The zero-order valence-electron chi connectivity index (χ0n) is 10.1. The van der Waals surface area contributed by atoms with Crippen LogP contribution in [0.2, 0.25) is 0 Å². The van der Waals surface area contributed by atoms with Crippen LogP contribution in [0.25, 0.3) is 11.1 Å². The van der Waals surface area contributed by atoms with E-state index in [0.717, 1.165) is 6.07 Å². The van der Waals surface area contributed by atoms with Gasteiger partial charge in [-0.2, -0.15) is 13.2 Å². The molecule has 21 heavy (non-hydrogen) atoms. The lowest BCUT2D eigenvalue weighted by Crippen LogP contribution is -2.06. The van der Waals surface area contributed by atoms with Crippen molar-refractivity contribution < 1.29 is 31.1 Å². The zero-order chi connectivity index (χ0) is 15.8. The van der Waals surface area contributed by atoms with Crippen LogP contribution in [-0.4, -0.2) is 6.29 Å². The highest BCUT2D eigenvalue weighted by molar-refractivity contribution is 5.88. The Morgan fingerprint density at radius 3 is 1.95 bits per heavy atom. The Kier molecular flexibility index (Phi) is 3.76. The quantitative estimate of drug-likeness (QED) is 0.450. The third-order valence-corrected chi connectivity index (χ3v) is 2.80. The summed E-state index contributed by atoms with van der Waals surface area (Å²) >= 11 is 0. The van der Waals surface area contributed by atoms with Crippen LogP contribution in [0.3, 0.4) is 0 Å². The van der Waals surface area contributed by atoms with Crippen LogP contribution in [0.5, 0.6) is 0 Å². The number of carbonyl (C=O) groups is 1. The lowest BCUT2D eigenvalue weighted by atomic mass is 9.97. The van der Waals surface area contributed by atoms with Gasteiger partial charge in [-0.25, -0.2) is 13.2 Å². The van der Waals surface area contributed by atoms with E-state index >= 15 is 0 Å². The molecule has 2 aromatic carbocycles. The second-order valence-corrected chi connectivity index (χ2v) is 4.17. The van der Waals surface area contributed by atoms with E-state index in [2.05, 4.69) is 0 Å². The highest BCUT2D eigenvalue weighted by atomic mass is 19.4. The minimum Gasteiger partial charge on any atom is -0.298 e. The van der Waals surface area contributed by atoms with Gasteiger partial charge in [0.05, 0.1) is 5.56 Å². The Bertz CT molecular complexity index is 682. The maximum absolute atomic E-state index is 13.1. The van der Waals surface area contributed by atoms with Crippen molar-refractivity contribution in [2.45, 2.75) is 6.18 Å². The summed E-state index contributed by atoms with van der Waals surface area (Å²) in [6.07, 6.45) is -4.53. The molecule has 0 bridgehead atoms. The molecule has 0 spiro atoms. The van der Waals surface area contributed by atoms with Crippen LogP contribution in [0.1, 0.15) is 15.9 Å². The first-order valence-corrected chi connectivity index (χ1v) is 5.55. The Morgan fingerprint density at radius 1 is 0.905 bits per heavy atom. The zero-order valence-corrected chi connectivity index (χ0v) is 10.1. The topological polar surface area (TPSA) is 17.1 Å². The van der Waals surface area contributed by atoms with Crippen LogP contribution < -0.4 is 0 Å². The highest BCUT2D eigenvalue weighted by Gasteiger charge is 2.31. The molecule has 0 atom stereocenters. The molecule has 0 unspecified atom stereocenters. The van der Waals surface area contributed by atoms with Gasteiger partial charge >= 0.3 is 6.18 Å². The van der Waals surface area contributed by atoms with E-state index in [0.29, 0.717) is 24.3 Å². The van der Waals surface area contributed by atoms with Crippen molar-refractivity contribution in [2.24, 2.45) is 0 Å². The summed E-state index contributed by atoms with van der Waals surface area (Å²) in [7, 11) is 0. The summed E-state index contributed by atoms with van der Waals surface area (Å²) in [6.45, 7) is 0. The molecule has 0 saturated carbocycles. The molecule has 110 valence electrons. The minimum absolute atomic E-state index is 0.129.